The van der Waals surface area contributed by atoms with Crippen molar-refractivity contribution in [2.45, 2.75) is 32.9 Å². The molecule has 146 valence electrons. The SMILES string of the molecule is CC[C@H](Oc1ccc(F)cc1)C(=O)N(C)Cc1nc(-c2ccc(C)cc2)no1. The smallest absolute Gasteiger partial charge is 0.263 e. The second kappa shape index (κ2) is 8.65. The van der Waals surface area contributed by atoms with Gasteiger partial charge in [-0.3, -0.25) is 4.79 Å². The molecule has 0 saturated heterocycles. The summed E-state index contributed by atoms with van der Waals surface area (Å²) in [6.07, 6.45) is -0.214. The van der Waals surface area contributed by atoms with E-state index in [1.165, 1.54) is 29.2 Å². The summed E-state index contributed by atoms with van der Waals surface area (Å²) in [5.74, 6) is 0.675. The predicted molar refractivity (Wildman–Crippen MR) is 102 cm³/mol. The number of aryl methyl sites for hydroxylation is 1. The van der Waals surface area contributed by atoms with Crippen molar-refractivity contribution in [1.82, 2.24) is 15.0 Å². The third-order valence-corrected chi connectivity index (χ3v) is 4.26. The van der Waals surface area contributed by atoms with Crippen LogP contribution in [-0.4, -0.2) is 34.1 Å². The van der Waals surface area contributed by atoms with Crippen LogP contribution in [-0.2, 0) is 11.3 Å². The predicted octanol–water partition coefficient (Wildman–Crippen LogP) is 4.00. The third-order valence-electron chi connectivity index (χ3n) is 4.26. The lowest BCUT2D eigenvalue weighted by Crippen LogP contribution is -2.39. The number of hydrogen-bond donors (Lipinski definition) is 0. The van der Waals surface area contributed by atoms with Gasteiger partial charge in [0.15, 0.2) is 6.10 Å². The maximum Gasteiger partial charge on any atom is 0.263 e. The van der Waals surface area contributed by atoms with Crippen LogP contribution < -0.4 is 4.74 Å². The van der Waals surface area contributed by atoms with Crippen LogP contribution in [0.2, 0.25) is 0 Å². The van der Waals surface area contributed by atoms with Crippen LogP contribution in [0, 0.1) is 12.7 Å². The third kappa shape index (κ3) is 4.73. The topological polar surface area (TPSA) is 68.5 Å². The molecule has 0 fully saturated rings. The van der Waals surface area contributed by atoms with Crippen LogP contribution in [0.25, 0.3) is 11.4 Å². The zero-order chi connectivity index (χ0) is 20.1. The van der Waals surface area contributed by atoms with E-state index in [0.29, 0.717) is 23.9 Å². The molecule has 6 nitrogen and oxygen atoms in total. The molecule has 1 heterocycles. The summed E-state index contributed by atoms with van der Waals surface area (Å²) in [7, 11) is 1.65. The number of hydrogen-bond acceptors (Lipinski definition) is 5. The molecule has 0 bridgehead atoms. The summed E-state index contributed by atoms with van der Waals surface area (Å²) >= 11 is 0. The first-order chi connectivity index (χ1) is 13.5. The van der Waals surface area contributed by atoms with Gasteiger partial charge >= 0.3 is 0 Å². The number of halogens is 1. The van der Waals surface area contributed by atoms with E-state index in [9.17, 15) is 9.18 Å². The summed E-state index contributed by atoms with van der Waals surface area (Å²) < 4.78 is 24.0. The standard InChI is InChI=1S/C21H22FN3O3/c1-4-18(27-17-11-9-16(22)10-12-17)21(26)25(3)13-19-23-20(24-28-19)15-7-5-14(2)6-8-15/h5-12,18H,4,13H2,1-3H3/t18-/m0/s1. The molecule has 1 atom stereocenters. The fraction of sp³-hybridized carbons (Fsp3) is 0.286. The van der Waals surface area contributed by atoms with Crippen molar-refractivity contribution in [3.05, 3.63) is 65.8 Å². The van der Waals surface area contributed by atoms with Gasteiger partial charge in [-0.25, -0.2) is 4.39 Å². The molecule has 0 N–H and O–H groups in total. The number of benzene rings is 2. The summed E-state index contributed by atoms with van der Waals surface area (Å²) in [5, 5.41) is 3.98. The minimum atomic E-state index is -0.685. The van der Waals surface area contributed by atoms with Gasteiger partial charge in [0.25, 0.3) is 5.91 Å². The Morgan fingerprint density at radius 3 is 2.50 bits per heavy atom. The number of carbonyl (C=O) groups excluding carboxylic acids is 1. The van der Waals surface area contributed by atoms with Crippen molar-refractivity contribution in [2.75, 3.05) is 7.05 Å². The van der Waals surface area contributed by atoms with E-state index in [1.54, 1.807) is 7.05 Å². The highest BCUT2D eigenvalue weighted by Gasteiger charge is 2.24. The van der Waals surface area contributed by atoms with Gasteiger partial charge in [-0.2, -0.15) is 4.98 Å². The molecule has 2 aromatic carbocycles. The molecule has 1 aromatic heterocycles. The Bertz CT molecular complexity index is 923. The zero-order valence-electron chi connectivity index (χ0n) is 16.1. The molecule has 0 unspecified atom stereocenters. The van der Waals surface area contributed by atoms with Crippen molar-refractivity contribution in [3.8, 4) is 17.1 Å². The van der Waals surface area contributed by atoms with Crippen molar-refractivity contribution in [2.24, 2.45) is 0 Å². The maximum absolute atomic E-state index is 13.0. The average Bonchev–Trinajstić information content (AvgIpc) is 3.16. The quantitative estimate of drug-likeness (QED) is 0.617. The molecule has 0 aliphatic carbocycles. The monoisotopic (exact) mass is 383 g/mol. The molecular formula is C21H22FN3O3. The lowest BCUT2D eigenvalue weighted by atomic mass is 10.1. The highest BCUT2D eigenvalue weighted by atomic mass is 19.1. The first kappa shape index (κ1) is 19.5. The Labute approximate surface area is 162 Å². The molecular weight excluding hydrogens is 361 g/mol. The van der Waals surface area contributed by atoms with Crippen LogP contribution in [0.15, 0.2) is 53.1 Å². The van der Waals surface area contributed by atoms with Gasteiger partial charge in [0.2, 0.25) is 11.7 Å². The minimum Gasteiger partial charge on any atom is -0.481 e. The molecule has 0 spiro atoms. The van der Waals surface area contributed by atoms with Crippen LogP contribution in [0.4, 0.5) is 4.39 Å². The number of amides is 1. The highest BCUT2D eigenvalue weighted by Crippen LogP contribution is 2.18. The van der Waals surface area contributed by atoms with Crippen LogP contribution in [0.3, 0.4) is 0 Å². The number of ether oxygens (including phenoxy) is 1. The first-order valence-electron chi connectivity index (χ1n) is 9.03. The van der Waals surface area contributed by atoms with E-state index in [2.05, 4.69) is 10.1 Å². The normalized spacial score (nSPS) is 11.9. The van der Waals surface area contributed by atoms with Crippen LogP contribution >= 0.6 is 0 Å². The Morgan fingerprint density at radius 1 is 1.18 bits per heavy atom. The minimum absolute atomic E-state index is 0.168. The molecule has 0 radical (unpaired) electrons. The number of aromatic nitrogens is 2. The Morgan fingerprint density at radius 2 is 1.86 bits per heavy atom. The summed E-state index contributed by atoms with van der Waals surface area (Å²) in [6, 6.07) is 13.4. The molecule has 0 saturated carbocycles. The van der Waals surface area contributed by atoms with Gasteiger partial charge in [0.05, 0.1) is 6.54 Å². The lowest BCUT2D eigenvalue weighted by molar-refractivity contribution is -0.138. The zero-order valence-corrected chi connectivity index (χ0v) is 16.1. The fourth-order valence-electron chi connectivity index (χ4n) is 2.65. The van der Waals surface area contributed by atoms with Crippen molar-refractivity contribution in [3.63, 3.8) is 0 Å². The van der Waals surface area contributed by atoms with Crippen LogP contribution in [0.5, 0.6) is 5.75 Å². The Kier molecular flexibility index (Phi) is 6.03. The second-order valence-corrected chi connectivity index (χ2v) is 6.54. The van der Waals surface area contributed by atoms with Crippen molar-refractivity contribution in [1.29, 1.82) is 0 Å². The van der Waals surface area contributed by atoms with Gasteiger partial charge in [-0.05, 0) is 37.6 Å². The highest BCUT2D eigenvalue weighted by molar-refractivity contribution is 5.80. The average molecular weight is 383 g/mol. The Hall–Kier alpha value is -3.22. The number of nitrogens with zero attached hydrogens (tertiary/aromatic N) is 3. The number of likely N-dealkylation sites (N-methyl/N-ethyl adjacent to an activating group) is 1. The fourth-order valence-corrected chi connectivity index (χ4v) is 2.65. The molecule has 3 aromatic rings. The van der Waals surface area contributed by atoms with Gasteiger partial charge < -0.3 is 14.2 Å². The van der Waals surface area contributed by atoms with Gasteiger partial charge in [-0.1, -0.05) is 41.9 Å². The maximum atomic E-state index is 13.0. The number of rotatable bonds is 7. The van der Waals surface area contributed by atoms with E-state index in [1.807, 2.05) is 38.1 Å². The van der Waals surface area contributed by atoms with E-state index in [0.717, 1.165) is 11.1 Å². The first-order valence-corrected chi connectivity index (χ1v) is 9.03. The summed E-state index contributed by atoms with van der Waals surface area (Å²) in [4.78, 5) is 18.5. The van der Waals surface area contributed by atoms with Gasteiger partial charge in [-0.15, -0.1) is 0 Å². The molecule has 3 rings (SSSR count). The molecule has 0 aliphatic rings. The Balaban J connectivity index is 1.64. The van der Waals surface area contributed by atoms with E-state index >= 15 is 0 Å². The lowest BCUT2D eigenvalue weighted by Gasteiger charge is -2.22. The van der Waals surface area contributed by atoms with Crippen molar-refractivity contribution < 1.29 is 18.4 Å². The molecule has 28 heavy (non-hydrogen) atoms. The number of carbonyl (C=O) groups is 1. The van der Waals surface area contributed by atoms with Gasteiger partial charge in [0.1, 0.15) is 11.6 Å². The van der Waals surface area contributed by atoms with Gasteiger partial charge in [0, 0.05) is 12.6 Å². The van der Waals surface area contributed by atoms with E-state index < -0.39 is 6.10 Å². The largest absolute Gasteiger partial charge is 0.481 e. The van der Waals surface area contributed by atoms with Crippen molar-refractivity contribution >= 4 is 5.91 Å². The van der Waals surface area contributed by atoms with E-state index in [4.69, 9.17) is 9.26 Å². The van der Waals surface area contributed by atoms with E-state index in [-0.39, 0.29) is 18.3 Å². The molecule has 7 heteroatoms. The second-order valence-electron chi connectivity index (χ2n) is 6.54. The molecule has 1 amide bonds. The summed E-state index contributed by atoms with van der Waals surface area (Å²) in [6.45, 7) is 4.02. The molecule has 0 aliphatic heterocycles. The van der Waals surface area contributed by atoms with Crippen LogP contribution in [0.1, 0.15) is 24.8 Å². The summed E-state index contributed by atoms with van der Waals surface area (Å²) in [5.41, 5.74) is 1.99.